The van der Waals surface area contributed by atoms with Crippen LogP contribution in [0.15, 0.2) is 60.7 Å². The summed E-state index contributed by atoms with van der Waals surface area (Å²) in [5, 5.41) is 3.60. The quantitative estimate of drug-likeness (QED) is 0.902. The predicted molar refractivity (Wildman–Crippen MR) is 88.4 cm³/mol. The predicted octanol–water partition coefficient (Wildman–Crippen LogP) is 3.46. The van der Waals surface area contributed by atoms with Gasteiger partial charge in [-0.25, -0.2) is 0 Å². The van der Waals surface area contributed by atoms with Crippen LogP contribution in [0.5, 0.6) is 0 Å². The van der Waals surface area contributed by atoms with E-state index in [2.05, 4.69) is 84.7 Å². The van der Waals surface area contributed by atoms with Crippen LogP contribution in [-0.4, -0.2) is 30.1 Å². The van der Waals surface area contributed by atoms with E-state index in [-0.39, 0.29) is 5.54 Å². The summed E-state index contributed by atoms with van der Waals surface area (Å²) in [6.45, 7) is 7.72. The lowest BCUT2D eigenvalue weighted by Crippen LogP contribution is -2.67. The Morgan fingerprint density at radius 2 is 1.43 bits per heavy atom. The number of rotatable bonds is 5. The molecule has 2 nitrogen and oxygen atoms in total. The Morgan fingerprint density at radius 3 is 1.86 bits per heavy atom. The van der Waals surface area contributed by atoms with Crippen molar-refractivity contribution in [2.45, 2.75) is 25.4 Å². The second-order valence-electron chi connectivity index (χ2n) is 6.22. The molecule has 1 heterocycles. The summed E-state index contributed by atoms with van der Waals surface area (Å²) in [7, 11) is 0. The second-order valence-corrected chi connectivity index (χ2v) is 6.22. The van der Waals surface area contributed by atoms with Crippen LogP contribution in [0.1, 0.15) is 31.0 Å². The summed E-state index contributed by atoms with van der Waals surface area (Å²) in [6.07, 6.45) is 0. The van der Waals surface area contributed by atoms with Crippen LogP contribution in [0, 0.1) is 0 Å². The molecule has 1 saturated heterocycles. The molecule has 3 rings (SSSR count). The molecule has 0 amide bonds. The average Bonchev–Trinajstić information content (AvgIpc) is 2.48. The number of benzene rings is 2. The molecule has 0 saturated carbocycles. The van der Waals surface area contributed by atoms with Crippen molar-refractivity contribution < 1.29 is 0 Å². The summed E-state index contributed by atoms with van der Waals surface area (Å²) >= 11 is 0. The van der Waals surface area contributed by atoms with Crippen LogP contribution in [0.2, 0.25) is 0 Å². The van der Waals surface area contributed by atoms with E-state index in [0.29, 0.717) is 6.04 Å². The van der Waals surface area contributed by atoms with Gasteiger partial charge in [-0.3, -0.25) is 4.90 Å². The van der Waals surface area contributed by atoms with Gasteiger partial charge in [0.1, 0.15) is 0 Å². The van der Waals surface area contributed by atoms with Gasteiger partial charge in [-0.1, -0.05) is 67.6 Å². The van der Waals surface area contributed by atoms with Gasteiger partial charge < -0.3 is 5.32 Å². The van der Waals surface area contributed by atoms with Crippen molar-refractivity contribution in [2.24, 2.45) is 0 Å². The molecular weight excluding hydrogens is 256 g/mol. The molecule has 2 aromatic rings. The van der Waals surface area contributed by atoms with E-state index in [9.17, 15) is 0 Å². The Balaban J connectivity index is 1.85. The molecule has 2 aromatic carbocycles. The first-order valence-corrected chi connectivity index (χ1v) is 7.81. The summed E-state index contributed by atoms with van der Waals surface area (Å²) in [6, 6.07) is 22.0. The van der Waals surface area contributed by atoms with Gasteiger partial charge in [-0.2, -0.15) is 0 Å². The van der Waals surface area contributed by atoms with Gasteiger partial charge in [0.25, 0.3) is 0 Å². The van der Waals surface area contributed by atoms with Crippen LogP contribution < -0.4 is 5.32 Å². The van der Waals surface area contributed by atoms with Crippen LogP contribution in [0.3, 0.4) is 0 Å². The number of nitrogens with one attached hydrogen (secondary N) is 1. The van der Waals surface area contributed by atoms with E-state index in [1.54, 1.807) is 0 Å². The number of hydrogen-bond acceptors (Lipinski definition) is 2. The molecule has 2 heteroatoms. The third-order valence-electron chi connectivity index (χ3n) is 4.30. The smallest absolute Gasteiger partial charge is 0.0603 e. The molecule has 0 bridgehead atoms. The fraction of sp³-hybridized carbons (Fsp3) is 0.368. The standard InChI is InChI=1S/C19H24N2/c1-3-20-19(2)14-21(15-19)18(16-10-6-4-7-11-16)17-12-8-5-9-13-17/h4-13,18,20H,3,14-15H2,1-2H3. The second kappa shape index (κ2) is 6.00. The number of likely N-dealkylation sites (N-methyl/N-ethyl adjacent to an activating group) is 1. The van der Waals surface area contributed by atoms with Gasteiger partial charge in [-0.15, -0.1) is 0 Å². The van der Waals surface area contributed by atoms with Crippen molar-refractivity contribution in [3.05, 3.63) is 71.8 Å². The van der Waals surface area contributed by atoms with E-state index in [1.807, 2.05) is 0 Å². The SMILES string of the molecule is CCNC1(C)CN(C(c2ccccc2)c2ccccc2)C1. The highest BCUT2D eigenvalue weighted by atomic mass is 15.3. The normalized spacial score (nSPS) is 17.7. The van der Waals surface area contributed by atoms with E-state index < -0.39 is 0 Å². The van der Waals surface area contributed by atoms with Crippen LogP contribution in [0.4, 0.5) is 0 Å². The van der Waals surface area contributed by atoms with E-state index in [1.165, 1.54) is 11.1 Å². The highest BCUT2D eigenvalue weighted by Crippen LogP contribution is 2.35. The molecular formula is C19H24N2. The molecule has 0 unspecified atom stereocenters. The topological polar surface area (TPSA) is 15.3 Å². The molecule has 110 valence electrons. The fourth-order valence-corrected chi connectivity index (χ4v) is 3.46. The minimum absolute atomic E-state index is 0.260. The molecule has 0 aliphatic carbocycles. The van der Waals surface area contributed by atoms with Crippen molar-refractivity contribution in [1.82, 2.24) is 10.2 Å². The molecule has 1 N–H and O–H groups in total. The third-order valence-corrected chi connectivity index (χ3v) is 4.30. The lowest BCUT2D eigenvalue weighted by atomic mass is 9.86. The first kappa shape index (κ1) is 14.3. The van der Waals surface area contributed by atoms with Crippen molar-refractivity contribution >= 4 is 0 Å². The minimum Gasteiger partial charge on any atom is -0.309 e. The van der Waals surface area contributed by atoms with Crippen molar-refractivity contribution in [3.63, 3.8) is 0 Å². The average molecular weight is 280 g/mol. The van der Waals surface area contributed by atoms with Gasteiger partial charge in [0.2, 0.25) is 0 Å². The highest BCUT2D eigenvalue weighted by molar-refractivity contribution is 5.33. The van der Waals surface area contributed by atoms with E-state index >= 15 is 0 Å². The van der Waals surface area contributed by atoms with Crippen LogP contribution >= 0.6 is 0 Å². The Kier molecular flexibility index (Phi) is 4.09. The summed E-state index contributed by atoms with van der Waals surface area (Å²) < 4.78 is 0. The first-order valence-electron chi connectivity index (χ1n) is 7.81. The maximum Gasteiger partial charge on any atom is 0.0603 e. The zero-order chi connectivity index (χ0) is 14.7. The Labute approximate surface area is 127 Å². The van der Waals surface area contributed by atoms with Crippen LogP contribution in [0.25, 0.3) is 0 Å². The number of hydrogen-bond donors (Lipinski definition) is 1. The molecule has 1 aliphatic heterocycles. The van der Waals surface area contributed by atoms with Gasteiger partial charge in [-0.05, 0) is 24.6 Å². The fourth-order valence-electron chi connectivity index (χ4n) is 3.46. The zero-order valence-electron chi connectivity index (χ0n) is 12.9. The van der Waals surface area contributed by atoms with Gasteiger partial charge in [0.05, 0.1) is 6.04 Å². The number of likely N-dealkylation sites (tertiary alicyclic amines) is 1. The molecule has 1 aliphatic rings. The first-order chi connectivity index (χ1) is 10.2. The Bertz CT molecular complexity index is 519. The van der Waals surface area contributed by atoms with Gasteiger partial charge >= 0.3 is 0 Å². The summed E-state index contributed by atoms with van der Waals surface area (Å²) in [4.78, 5) is 2.56. The number of nitrogens with zero attached hydrogens (tertiary/aromatic N) is 1. The largest absolute Gasteiger partial charge is 0.309 e. The molecule has 0 atom stereocenters. The monoisotopic (exact) mass is 280 g/mol. The van der Waals surface area contributed by atoms with Crippen molar-refractivity contribution in [1.29, 1.82) is 0 Å². The van der Waals surface area contributed by atoms with Crippen molar-refractivity contribution in [3.8, 4) is 0 Å². The van der Waals surface area contributed by atoms with Gasteiger partial charge in [0.15, 0.2) is 0 Å². The molecule has 0 spiro atoms. The molecule has 0 radical (unpaired) electrons. The lowest BCUT2D eigenvalue weighted by molar-refractivity contribution is 0.0300. The molecule has 0 aromatic heterocycles. The maximum absolute atomic E-state index is 3.60. The third kappa shape index (κ3) is 3.02. The molecule has 21 heavy (non-hydrogen) atoms. The zero-order valence-corrected chi connectivity index (χ0v) is 12.9. The van der Waals surface area contributed by atoms with Gasteiger partial charge in [0, 0.05) is 18.6 Å². The van der Waals surface area contributed by atoms with Crippen molar-refractivity contribution in [2.75, 3.05) is 19.6 Å². The molecule has 1 fully saturated rings. The Hall–Kier alpha value is -1.64. The van der Waals surface area contributed by atoms with Crippen LogP contribution in [-0.2, 0) is 0 Å². The maximum atomic E-state index is 3.60. The highest BCUT2D eigenvalue weighted by Gasteiger charge is 2.41. The summed E-state index contributed by atoms with van der Waals surface area (Å²) in [5.74, 6) is 0. The van der Waals surface area contributed by atoms with E-state index in [4.69, 9.17) is 0 Å². The minimum atomic E-state index is 0.260. The summed E-state index contributed by atoms with van der Waals surface area (Å²) in [5.41, 5.74) is 3.01. The lowest BCUT2D eigenvalue weighted by Gasteiger charge is -2.52. The Morgan fingerprint density at radius 1 is 0.952 bits per heavy atom. The van der Waals surface area contributed by atoms with E-state index in [0.717, 1.165) is 19.6 Å².